The fourth-order valence-corrected chi connectivity index (χ4v) is 3.76. The molecule has 3 atom stereocenters. The number of fused-ring (bicyclic) bond motifs is 3. The minimum absolute atomic E-state index is 0.304. The normalized spacial score (nSPS) is 33.9. The summed E-state index contributed by atoms with van der Waals surface area (Å²) in [4.78, 5) is 5.75. The third-order valence-corrected chi connectivity index (χ3v) is 4.93. The zero-order chi connectivity index (χ0) is 14.1. The molecule has 1 saturated heterocycles. The van der Waals surface area contributed by atoms with E-state index in [2.05, 4.69) is 47.9 Å². The Kier molecular flexibility index (Phi) is 3.81. The summed E-state index contributed by atoms with van der Waals surface area (Å²) < 4.78 is 0. The predicted octanol–water partition coefficient (Wildman–Crippen LogP) is 0.637. The SMILES string of the molecule is C=c1c2c[nH]/c1=C/C=C\CC1C[C@@H](CO)CN(C)[C@@H]1C2. The Morgan fingerprint density at radius 1 is 1.50 bits per heavy atom. The summed E-state index contributed by atoms with van der Waals surface area (Å²) in [5, 5.41) is 11.7. The molecule has 3 rings (SSSR count). The van der Waals surface area contributed by atoms with Crippen LogP contribution in [0.5, 0.6) is 0 Å². The first-order valence-electron chi connectivity index (χ1n) is 7.52. The molecule has 3 heteroatoms. The molecule has 108 valence electrons. The van der Waals surface area contributed by atoms with E-state index in [1.165, 1.54) is 5.56 Å². The highest BCUT2D eigenvalue weighted by atomic mass is 16.3. The van der Waals surface area contributed by atoms with Crippen molar-refractivity contribution in [3.05, 3.63) is 34.5 Å². The Balaban J connectivity index is 1.95. The number of H-pyrrole nitrogens is 1. The third-order valence-electron chi connectivity index (χ3n) is 4.93. The van der Waals surface area contributed by atoms with Gasteiger partial charge in [0.05, 0.1) is 0 Å². The van der Waals surface area contributed by atoms with Gasteiger partial charge in [0, 0.05) is 30.7 Å². The summed E-state index contributed by atoms with van der Waals surface area (Å²) in [5.74, 6) is 1.04. The lowest BCUT2D eigenvalue weighted by atomic mass is 9.79. The van der Waals surface area contributed by atoms with Crippen molar-refractivity contribution in [3.8, 4) is 0 Å². The lowest BCUT2D eigenvalue weighted by Crippen LogP contribution is -2.49. The van der Waals surface area contributed by atoms with E-state index in [0.717, 1.165) is 36.4 Å². The Morgan fingerprint density at radius 2 is 2.35 bits per heavy atom. The molecule has 1 aromatic heterocycles. The summed E-state index contributed by atoms with van der Waals surface area (Å²) in [6, 6.07) is 0.546. The topological polar surface area (TPSA) is 39.3 Å². The van der Waals surface area contributed by atoms with E-state index in [4.69, 9.17) is 0 Å². The number of nitrogens with zero attached hydrogens (tertiary/aromatic N) is 1. The number of hydrogen-bond donors (Lipinski definition) is 2. The fourth-order valence-electron chi connectivity index (χ4n) is 3.76. The number of aromatic nitrogens is 1. The summed E-state index contributed by atoms with van der Waals surface area (Å²) in [6.07, 6.45) is 11.9. The van der Waals surface area contributed by atoms with E-state index in [0.29, 0.717) is 24.5 Å². The fraction of sp³-hybridized carbons (Fsp3) is 0.529. The second-order valence-corrected chi connectivity index (χ2v) is 6.29. The Bertz CT molecular complexity index is 601. The number of aliphatic hydroxyl groups is 1. The molecule has 1 fully saturated rings. The molecule has 1 aliphatic heterocycles. The minimum Gasteiger partial charge on any atom is -0.396 e. The number of rotatable bonds is 1. The largest absolute Gasteiger partial charge is 0.396 e. The van der Waals surface area contributed by atoms with Crippen LogP contribution in [0, 0.1) is 11.8 Å². The predicted molar refractivity (Wildman–Crippen MR) is 82.6 cm³/mol. The van der Waals surface area contributed by atoms with Crippen molar-refractivity contribution in [1.29, 1.82) is 0 Å². The van der Waals surface area contributed by atoms with Gasteiger partial charge in [-0.25, -0.2) is 0 Å². The zero-order valence-electron chi connectivity index (χ0n) is 12.2. The maximum absolute atomic E-state index is 9.48. The number of nitrogens with one attached hydrogen (secondary N) is 1. The van der Waals surface area contributed by atoms with Crippen LogP contribution in [-0.4, -0.2) is 41.2 Å². The first-order valence-corrected chi connectivity index (χ1v) is 7.52. The highest BCUT2D eigenvalue weighted by Gasteiger charge is 2.33. The molecule has 2 bridgehead atoms. The van der Waals surface area contributed by atoms with Gasteiger partial charge in [0.15, 0.2) is 0 Å². The lowest BCUT2D eigenvalue weighted by Gasteiger charge is -2.42. The number of aromatic amines is 1. The smallest absolute Gasteiger partial charge is 0.0471 e. The maximum atomic E-state index is 9.48. The highest BCUT2D eigenvalue weighted by Crippen LogP contribution is 2.31. The third kappa shape index (κ3) is 2.48. The van der Waals surface area contributed by atoms with Crippen LogP contribution in [0.4, 0.5) is 0 Å². The molecule has 20 heavy (non-hydrogen) atoms. The number of likely N-dealkylation sites (N-methyl/N-ethyl adjacent to an activating group) is 1. The molecule has 1 unspecified atom stereocenters. The first-order chi connectivity index (χ1) is 9.69. The van der Waals surface area contributed by atoms with Gasteiger partial charge in [-0.15, -0.1) is 0 Å². The highest BCUT2D eigenvalue weighted by molar-refractivity contribution is 5.37. The standard InChI is InChI=1S/C17H24N2O/c1-12-15-8-17-14(7-13(11-20)10-19(17)2)5-3-4-6-16(12)18-9-15/h3-4,6,9,13-14,17-18,20H,1,5,7-8,10-11H2,2H3/b4-3-,16-6+/t13-,14?,17-/m1/s1. The van der Waals surface area contributed by atoms with Gasteiger partial charge >= 0.3 is 0 Å². The molecule has 0 aromatic carbocycles. The summed E-state index contributed by atoms with van der Waals surface area (Å²) >= 11 is 0. The van der Waals surface area contributed by atoms with Crippen LogP contribution >= 0.6 is 0 Å². The van der Waals surface area contributed by atoms with Gasteiger partial charge in [0.25, 0.3) is 0 Å². The average molecular weight is 272 g/mol. The zero-order valence-corrected chi connectivity index (χ0v) is 12.2. The molecule has 2 heterocycles. The van der Waals surface area contributed by atoms with Crippen LogP contribution in [0.1, 0.15) is 18.4 Å². The van der Waals surface area contributed by atoms with E-state index in [-0.39, 0.29) is 0 Å². The molecular formula is C17H24N2O. The Morgan fingerprint density at radius 3 is 3.15 bits per heavy atom. The lowest BCUT2D eigenvalue weighted by molar-refractivity contribution is 0.0512. The monoisotopic (exact) mass is 272 g/mol. The van der Waals surface area contributed by atoms with E-state index >= 15 is 0 Å². The van der Waals surface area contributed by atoms with Gasteiger partial charge < -0.3 is 15.0 Å². The number of piperidine rings is 1. The van der Waals surface area contributed by atoms with Crippen LogP contribution in [0.3, 0.4) is 0 Å². The van der Waals surface area contributed by atoms with Crippen LogP contribution in [0.2, 0.25) is 0 Å². The van der Waals surface area contributed by atoms with Crippen LogP contribution < -0.4 is 10.6 Å². The molecule has 1 aromatic rings. The molecule has 3 nitrogen and oxygen atoms in total. The number of allylic oxidation sites excluding steroid dienone is 2. The second kappa shape index (κ2) is 5.58. The van der Waals surface area contributed by atoms with Crippen molar-refractivity contribution < 1.29 is 5.11 Å². The van der Waals surface area contributed by atoms with Gasteiger partial charge in [-0.2, -0.15) is 0 Å². The summed E-state index contributed by atoms with van der Waals surface area (Å²) in [7, 11) is 2.19. The molecule has 2 aliphatic rings. The molecule has 0 amide bonds. The van der Waals surface area contributed by atoms with Crippen molar-refractivity contribution >= 4 is 12.7 Å². The molecule has 0 radical (unpaired) electrons. The Labute approximate surface area is 120 Å². The molecule has 1 aliphatic carbocycles. The Hall–Kier alpha value is -1.32. The minimum atomic E-state index is 0.304. The van der Waals surface area contributed by atoms with E-state index in [1.54, 1.807) is 0 Å². The van der Waals surface area contributed by atoms with Gasteiger partial charge in [0.2, 0.25) is 0 Å². The average Bonchev–Trinajstić information content (AvgIpc) is 2.77. The maximum Gasteiger partial charge on any atom is 0.0471 e. The second-order valence-electron chi connectivity index (χ2n) is 6.29. The first kappa shape index (κ1) is 13.7. The molecule has 2 N–H and O–H groups in total. The van der Waals surface area contributed by atoms with Crippen molar-refractivity contribution in [3.63, 3.8) is 0 Å². The number of aliphatic hydroxyl groups excluding tert-OH is 1. The molecular weight excluding hydrogens is 248 g/mol. The number of likely N-dealkylation sites (tertiary alicyclic amines) is 1. The summed E-state index contributed by atoms with van der Waals surface area (Å²) in [6.45, 7) is 5.52. The van der Waals surface area contributed by atoms with Crippen molar-refractivity contribution in [2.45, 2.75) is 25.3 Å². The van der Waals surface area contributed by atoms with Gasteiger partial charge in [0.1, 0.15) is 0 Å². The van der Waals surface area contributed by atoms with Crippen LogP contribution in [-0.2, 0) is 6.42 Å². The van der Waals surface area contributed by atoms with Crippen LogP contribution in [0.15, 0.2) is 18.3 Å². The van der Waals surface area contributed by atoms with E-state index in [1.807, 2.05) is 0 Å². The van der Waals surface area contributed by atoms with Crippen molar-refractivity contribution in [1.82, 2.24) is 9.88 Å². The molecule has 0 saturated carbocycles. The number of hydrogen-bond acceptors (Lipinski definition) is 2. The van der Waals surface area contributed by atoms with Gasteiger partial charge in [-0.3, -0.25) is 0 Å². The van der Waals surface area contributed by atoms with Crippen molar-refractivity contribution in [2.24, 2.45) is 11.8 Å². The van der Waals surface area contributed by atoms with E-state index < -0.39 is 0 Å². The van der Waals surface area contributed by atoms with Gasteiger partial charge in [-0.05, 0) is 55.0 Å². The quantitative estimate of drug-likeness (QED) is 0.787. The van der Waals surface area contributed by atoms with Crippen molar-refractivity contribution in [2.75, 3.05) is 20.2 Å². The van der Waals surface area contributed by atoms with Gasteiger partial charge in [-0.1, -0.05) is 18.7 Å². The summed E-state index contributed by atoms with van der Waals surface area (Å²) in [5.41, 5.74) is 1.33. The van der Waals surface area contributed by atoms with E-state index in [9.17, 15) is 5.11 Å². The molecule has 0 spiro atoms. The van der Waals surface area contributed by atoms with Crippen LogP contribution in [0.25, 0.3) is 12.7 Å².